The van der Waals surface area contributed by atoms with Crippen LogP contribution in [-0.4, -0.2) is 24.2 Å². The molecule has 1 aromatic carbocycles. The summed E-state index contributed by atoms with van der Waals surface area (Å²) in [6.45, 7) is 0. The van der Waals surface area contributed by atoms with Crippen LogP contribution >= 0.6 is 0 Å². The minimum atomic E-state index is -0.902. The minimum Gasteiger partial charge on any atom is -0.507 e. The Labute approximate surface area is 91.2 Å². The number of benzene rings is 1. The van der Waals surface area contributed by atoms with Crippen LogP contribution in [-0.2, 0) is 0 Å². The van der Waals surface area contributed by atoms with E-state index in [1.54, 1.807) is 0 Å². The highest BCUT2D eigenvalue weighted by molar-refractivity contribution is 5.97. The highest BCUT2D eigenvalue weighted by Gasteiger charge is 2.11. The number of hydrogen-bond donors (Lipinski definition) is 4. The number of nitrogens with one attached hydrogen (secondary N) is 2. The van der Waals surface area contributed by atoms with Crippen molar-refractivity contribution in [2.45, 2.75) is 0 Å². The highest BCUT2D eigenvalue weighted by Crippen LogP contribution is 2.22. The van der Waals surface area contributed by atoms with Crippen LogP contribution in [0.1, 0.15) is 10.4 Å². The highest BCUT2D eigenvalue weighted by atomic mass is 16.5. The summed E-state index contributed by atoms with van der Waals surface area (Å²) in [6, 6.07) is 3.23. The largest absolute Gasteiger partial charge is 0.507 e. The van der Waals surface area contributed by atoms with E-state index >= 15 is 0 Å². The number of nitrogens with two attached hydrogens (primary N) is 1. The summed E-state index contributed by atoms with van der Waals surface area (Å²) in [5.74, 6) is -0.529. The van der Waals surface area contributed by atoms with Crippen LogP contribution in [0.3, 0.4) is 0 Å². The summed E-state index contributed by atoms with van der Waals surface area (Å²) in [4.78, 5) is 21.7. The van der Waals surface area contributed by atoms with Crippen molar-refractivity contribution in [3.05, 3.63) is 23.8 Å². The number of urea groups is 1. The molecule has 0 aromatic heterocycles. The monoisotopic (exact) mass is 225 g/mol. The summed E-state index contributed by atoms with van der Waals surface area (Å²) in [5, 5.41) is 9.47. The number of amides is 3. The van der Waals surface area contributed by atoms with Gasteiger partial charge in [0, 0.05) is 6.07 Å². The number of hydrazine groups is 1. The molecule has 0 bridgehead atoms. The maximum absolute atomic E-state index is 11.4. The van der Waals surface area contributed by atoms with Crippen molar-refractivity contribution in [1.29, 1.82) is 0 Å². The molecule has 0 unspecified atom stereocenters. The van der Waals surface area contributed by atoms with Gasteiger partial charge in [-0.3, -0.25) is 10.2 Å². The smallest absolute Gasteiger partial charge is 0.330 e. The third-order valence-corrected chi connectivity index (χ3v) is 1.75. The lowest BCUT2D eigenvalue weighted by Crippen LogP contribution is -2.44. The van der Waals surface area contributed by atoms with Gasteiger partial charge in [0.05, 0.1) is 12.7 Å². The fraction of sp³-hybridized carbons (Fsp3) is 0.111. The number of hydrogen-bond acceptors (Lipinski definition) is 4. The van der Waals surface area contributed by atoms with Gasteiger partial charge in [-0.15, -0.1) is 0 Å². The Balaban J connectivity index is 2.79. The second-order valence-electron chi connectivity index (χ2n) is 2.83. The van der Waals surface area contributed by atoms with Gasteiger partial charge in [-0.2, -0.15) is 0 Å². The van der Waals surface area contributed by atoms with Gasteiger partial charge in [-0.25, -0.2) is 10.2 Å². The third-order valence-electron chi connectivity index (χ3n) is 1.75. The van der Waals surface area contributed by atoms with E-state index in [2.05, 4.69) is 0 Å². The van der Waals surface area contributed by atoms with E-state index in [0.29, 0.717) is 5.75 Å². The van der Waals surface area contributed by atoms with E-state index in [1.165, 1.54) is 25.3 Å². The summed E-state index contributed by atoms with van der Waals surface area (Å²) >= 11 is 0. The molecule has 3 amide bonds. The molecule has 0 saturated carbocycles. The molecule has 0 aliphatic heterocycles. The van der Waals surface area contributed by atoms with Crippen molar-refractivity contribution in [2.24, 2.45) is 5.73 Å². The second kappa shape index (κ2) is 4.87. The van der Waals surface area contributed by atoms with E-state index in [9.17, 15) is 14.7 Å². The zero-order chi connectivity index (χ0) is 12.1. The van der Waals surface area contributed by atoms with Gasteiger partial charge in [-0.05, 0) is 12.1 Å². The minimum absolute atomic E-state index is 0.00505. The number of methoxy groups -OCH3 is 1. The molecular formula is C9H11N3O4. The Kier molecular flexibility index (Phi) is 3.54. The van der Waals surface area contributed by atoms with Gasteiger partial charge in [0.25, 0.3) is 5.91 Å². The average molecular weight is 225 g/mol. The summed E-state index contributed by atoms with van der Waals surface area (Å²) in [6.07, 6.45) is 0. The number of carbonyl (C=O) groups is 2. The lowest BCUT2D eigenvalue weighted by atomic mass is 10.2. The molecule has 0 atom stereocenters. The molecule has 16 heavy (non-hydrogen) atoms. The standard InChI is InChI=1S/C9H11N3O4/c1-16-5-2-3-6(7(13)4-5)8(14)11-12-9(10)15/h2-4,13H,1H3,(H,11,14)(H3,10,12,15). The molecule has 86 valence electrons. The van der Waals surface area contributed by atoms with E-state index in [1.807, 2.05) is 10.9 Å². The van der Waals surface area contributed by atoms with Crippen LogP contribution in [0.4, 0.5) is 4.79 Å². The molecule has 5 N–H and O–H groups in total. The predicted octanol–water partition coefficient (Wildman–Crippen LogP) is -0.286. The van der Waals surface area contributed by atoms with Crippen LogP contribution in [0.15, 0.2) is 18.2 Å². The van der Waals surface area contributed by atoms with Crippen molar-refractivity contribution in [1.82, 2.24) is 10.9 Å². The van der Waals surface area contributed by atoms with Gasteiger partial charge in [0.15, 0.2) is 0 Å². The van der Waals surface area contributed by atoms with E-state index < -0.39 is 11.9 Å². The molecule has 0 saturated heterocycles. The SMILES string of the molecule is COc1ccc(C(=O)NNC(N)=O)c(O)c1. The third kappa shape index (κ3) is 2.77. The molecule has 0 aliphatic rings. The van der Waals surface area contributed by atoms with Crippen molar-refractivity contribution >= 4 is 11.9 Å². The van der Waals surface area contributed by atoms with Crippen molar-refractivity contribution in [3.63, 3.8) is 0 Å². The quantitative estimate of drug-likeness (QED) is 0.518. The van der Waals surface area contributed by atoms with Crippen LogP contribution in [0, 0.1) is 0 Å². The zero-order valence-electron chi connectivity index (χ0n) is 8.48. The van der Waals surface area contributed by atoms with Gasteiger partial charge in [-0.1, -0.05) is 0 Å². The van der Waals surface area contributed by atoms with E-state index in [-0.39, 0.29) is 11.3 Å². The van der Waals surface area contributed by atoms with Crippen molar-refractivity contribution in [2.75, 3.05) is 7.11 Å². The van der Waals surface area contributed by atoms with Crippen LogP contribution < -0.4 is 21.3 Å². The fourth-order valence-electron chi connectivity index (χ4n) is 1.02. The molecule has 0 fully saturated rings. The van der Waals surface area contributed by atoms with E-state index in [4.69, 9.17) is 10.5 Å². The van der Waals surface area contributed by atoms with Crippen LogP contribution in [0.5, 0.6) is 11.5 Å². The van der Waals surface area contributed by atoms with Gasteiger partial charge in [0.2, 0.25) is 0 Å². The molecule has 0 aliphatic carbocycles. The summed E-state index contributed by atoms with van der Waals surface area (Å²) in [5.41, 5.74) is 8.66. The van der Waals surface area contributed by atoms with Crippen molar-refractivity contribution < 1.29 is 19.4 Å². The number of rotatable bonds is 2. The first-order valence-electron chi connectivity index (χ1n) is 4.27. The number of aromatic hydroxyl groups is 1. The van der Waals surface area contributed by atoms with Gasteiger partial charge < -0.3 is 15.6 Å². The molecule has 7 heteroatoms. The zero-order valence-corrected chi connectivity index (χ0v) is 8.48. The Morgan fingerprint density at radius 3 is 2.56 bits per heavy atom. The fourth-order valence-corrected chi connectivity index (χ4v) is 1.02. The number of phenols is 1. The first-order chi connectivity index (χ1) is 7.54. The van der Waals surface area contributed by atoms with Gasteiger partial charge >= 0.3 is 6.03 Å². The van der Waals surface area contributed by atoms with Gasteiger partial charge in [0.1, 0.15) is 11.5 Å². The van der Waals surface area contributed by atoms with Crippen LogP contribution in [0.2, 0.25) is 0 Å². The maximum atomic E-state index is 11.4. The molecule has 0 spiro atoms. The normalized spacial score (nSPS) is 9.31. The lowest BCUT2D eigenvalue weighted by molar-refractivity contribution is 0.0934. The molecule has 1 rings (SSSR count). The lowest BCUT2D eigenvalue weighted by Gasteiger charge is -2.07. The average Bonchev–Trinajstić information content (AvgIpc) is 2.25. The summed E-state index contributed by atoms with van der Waals surface area (Å²) < 4.78 is 4.85. The van der Waals surface area contributed by atoms with E-state index in [0.717, 1.165) is 0 Å². The molecule has 0 radical (unpaired) electrons. The molecule has 0 heterocycles. The first-order valence-corrected chi connectivity index (χ1v) is 4.27. The number of phenolic OH excluding ortho intramolecular Hbond substituents is 1. The maximum Gasteiger partial charge on any atom is 0.330 e. The first kappa shape index (κ1) is 11.6. The topological polar surface area (TPSA) is 114 Å². The Morgan fingerprint density at radius 2 is 2.06 bits per heavy atom. The molecular weight excluding hydrogens is 214 g/mol. The Morgan fingerprint density at radius 1 is 1.38 bits per heavy atom. The predicted molar refractivity (Wildman–Crippen MR) is 54.8 cm³/mol. The number of carbonyl (C=O) groups excluding carboxylic acids is 2. The molecule has 7 nitrogen and oxygen atoms in total. The number of ether oxygens (including phenoxy) is 1. The van der Waals surface area contributed by atoms with Crippen molar-refractivity contribution in [3.8, 4) is 11.5 Å². The summed E-state index contributed by atoms with van der Waals surface area (Å²) in [7, 11) is 1.43. The number of primary amides is 1. The van der Waals surface area contributed by atoms with Crippen LogP contribution in [0.25, 0.3) is 0 Å². The Hall–Kier alpha value is -2.44. The Bertz CT molecular complexity index is 419. The molecule has 1 aromatic rings. The second-order valence-corrected chi connectivity index (χ2v) is 2.83.